The molecule has 7 heteroatoms. The van der Waals surface area contributed by atoms with E-state index in [9.17, 15) is 14.4 Å². The van der Waals surface area contributed by atoms with Crippen LogP contribution in [0.5, 0.6) is 5.75 Å². The number of benzene rings is 2. The molecule has 0 aromatic heterocycles. The Labute approximate surface area is 162 Å². The minimum Gasteiger partial charge on any atom is -0.479 e. The van der Waals surface area contributed by atoms with Crippen LogP contribution in [0.2, 0.25) is 0 Å². The average Bonchev–Trinajstić information content (AvgIpc) is 3.40. The molecule has 0 spiro atoms. The third kappa shape index (κ3) is 3.69. The fourth-order valence-corrected chi connectivity index (χ4v) is 3.15. The first-order valence-corrected chi connectivity index (χ1v) is 9.24. The Hall–Kier alpha value is -3.35. The lowest BCUT2D eigenvalue weighted by Crippen LogP contribution is -2.34. The minimum absolute atomic E-state index is 0.00952. The monoisotopic (exact) mass is 379 g/mol. The van der Waals surface area contributed by atoms with Crippen molar-refractivity contribution in [3.63, 3.8) is 0 Å². The second-order valence-corrected chi connectivity index (χ2v) is 7.30. The van der Waals surface area contributed by atoms with Gasteiger partial charge in [0.2, 0.25) is 5.91 Å². The van der Waals surface area contributed by atoms with Crippen LogP contribution in [-0.4, -0.2) is 23.8 Å². The average molecular weight is 379 g/mol. The van der Waals surface area contributed by atoms with Crippen molar-refractivity contribution < 1.29 is 19.1 Å². The van der Waals surface area contributed by atoms with E-state index in [1.807, 2.05) is 6.92 Å². The van der Waals surface area contributed by atoms with E-state index in [1.54, 1.807) is 49.4 Å². The zero-order chi connectivity index (χ0) is 19.8. The number of ether oxygens (including phenoxy) is 1. The number of anilines is 3. The summed E-state index contributed by atoms with van der Waals surface area (Å²) in [6, 6.07) is 11.9. The number of carbonyl (C=O) groups excluding carboxylic acids is 3. The number of rotatable bonds is 4. The molecule has 0 saturated heterocycles. The van der Waals surface area contributed by atoms with Crippen LogP contribution in [0.25, 0.3) is 0 Å². The van der Waals surface area contributed by atoms with Gasteiger partial charge in [-0.15, -0.1) is 0 Å². The Kier molecular flexibility index (Phi) is 4.50. The molecular weight excluding hydrogens is 358 g/mol. The molecule has 1 saturated carbocycles. The van der Waals surface area contributed by atoms with Crippen LogP contribution < -0.4 is 20.7 Å². The molecule has 1 aliphatic carbocycles. The number of hydrogen-bond donors (Lipinski definition) is 3. The number of amides is 3. The summed E-state index contributed by atoms with van der Waals surface area (Å²) in [7, 11) is 0. The molecule has 1 fully saturated rings. The van der Waals surface area contributed by atoms with Crippen molar-refractivity contribution in [2.45, 2.75) is 26.4 Å². The van der Waals surface area contributed by atoms with Crippen LogP contribution in [-0.2, 0) is 9.59 Å². The molecule has 4 rings (SSSR count). The Bertz CT molecular complexity index is 972. The molecule has 0 bridgehead atoms. The largest absolute Gasteiger partial charge is 0.479 e. The highest BCUT2D eigenvalue weighted by molar-refractivity contribution is 6.06. The van der Waals surface area contributed by atoms with Crippen LogP contribution in [0, 0.1) is 11.8 Å². The number of carbonyl (C=O) groups is 3. The topological polar surface area (TPSA) is 96.5 Å². The van der Waals surface area contributed by atoms with Crippen molar-refractivity contribution in [2.24, 2.45) is 11.8 Å². The molecule has 3 N–H and O–H groups in total. The van der Waals surface area contributed by atoms with Gasteiger partial charge in [0.25, 0.3) is 11.8 Å². The molecule has 3 unspecified atom stereocenters. The summed E-state index contributed by atoms with van der Waals surface area (Å²) >= 11 is 0. The molecule has 3 amide bonds. The van der Waals surface area contributed by atoms with Gasteiger partial charge in [0.15, 0.2) is 6.10 Å². The zero-order valence-electron chi connectivity index (χ0n) is 15.6. The van der Waals surface area contributed by atoms with Crippen molar-refractivity contribution in [3.8, 4) is 5.75 Å². The van der Waals surface area contributed by atoms with E-state index in [0.717, 1.165) is 6.42 Å². The van der Waals surface area contributed by atoms with Gasteiger partial charge < -0.3 is 20.7 Å². The maximum atomic E-state index is 12.6. The summed E-state index contributed by atoms with van der Waals surface area (Å²) in [5, 5.41) is 8.41. The van der Waals surface area contributed by atoms with Gasteiger partial charge in [-0.2, -0.15) is 0 Å². The maximum Gasteiger partial charge on any atom is 0.265 e. The molecule has 3 atom stereocenters. The van der Waals surface area contributed by atoms with Gasteiger partial charge in [0.05, 0.1) is 5.69 Å². The number of nitrogens with one attached hydrogen (secondary N) is 3. The fraction of sp³-hybridized carbons (Fsp3) is 0.286. The van der Waals surface area contributed by atoms with Gasteiger partial charge in [-0.05, 0) is 55.7 Å². The van der Waals surface area contributed by atoms with Crippen molar-refractivity contribution in [3.05, 3.63) is 48.0 Å². The normalized spacial score (nSPS) is 22.4. The van der Waals surface area contributed by atoms with E-state index in [-0.39, 0.29) is 23.6 Å². The Morgan fingerprint density at radius 3 is 2.57 bits per heavy atom. The highest BCUT2D eigenvalue weighted by Gasteiger charge is 2.39. The SMILES string of the molecule is CC1Oc2ccc(NC(=O)c3cccc(NC(=O)C4CC4C)c3)cc2NC1=O. The van der Waals surface area contributed by atoms with Gasteiger partial charge in [-0.3, -0.25) is 14.4 Å². The van der Waals surface area contributed by atoms with E-state index < -0.39 is 6.10 Å². The van der Waals surface area contributed by atoms with Gasteiger partial charge >= 0.3 is 0 Å². The Morgan fingerprint density at radius 1 is 1.07 bits per heavy atom. The second kappa shape index (κ2) is 6.99. The molecule has 1 aliphatic heterocycles. The first-order valence-electron chi connectivity index (χ1n) is 9.24. The van der Waals surface area contributed by atoms with Gasteiger partial charge in [0, 0.05) is 22.9 Å². The highest BCUT2D eigenvalue weighted by atomic mass is 16.5. The van der Waals surface area contributed by atoms with Crippen molar-refractivity contribution in [2.75, 3.05) is 16.0 Å². The third-order valence-electron chi connectivity index (χ3n) is 5.01. The standard InChI is InChI=1S/C21H21N3O4/c1-11-8-16(11)21(27)23-14-5-3-4-13(9-14)20(26)22-15-6-7-18-17(10-15)24-19(25)12(2)28-18/h3-7,9-12,16H,8H2,1-2H3,(H,22,26)(H,23,27)(H,24,25). The molecule has 2 aliphatic rings. The maximum absolute atomic E-state index is 12.6. The van der Waals surface area contributed by atoms with E-state index in [1.165, 1.54) is 0 Å². The van der Waals surface area contributed by atoms with Gasteiger partial charge in [0.1, 0.15) is 5.75 Å². The quantitative estimate of drug-likeness (QED) is 0.760. The molecule has 0 radical (unpaired) electrons. The molecule has 2 aromatic carbocycles. The first-order chi connectivity index (χ1) is 13.4. The van der Waals surface area contributed by atoms with Crippen molar-refractivity contribution in [1.82, 2.24) is 0 Å². The summed E-state index contributed by atoms with van der Waals surface area (Å²) in [4.78, 5) is 36.4. The number of hydrogen-bond acceptors (Lipinski definition) is 4. The summed E-state index contributed by atoms with van der Waals surface area (Å²) in [6.45, 7) is 3.71. The predicted octanol–water partition coefficient (Wildman–Crippen LogP) is 3.25. The molecular formula is C21H21N3O4. The van der Waals surface area contributed by atoms with E-state index in [0.29, 0.717) is 34.3 Å². The summed E-state index contributed by atoms with van der Waals surface area (Å²) in [6.07, 6.45) is 0.355. The van der Waals surface area contributed by atoms with E-state index in [2.05, 4.69) is 16.0 Å². The van der Waals surface area contributed by atoms with Crippen LogP contribution in [0.15, 0.2) is 42.5 Å². The highest BCUT2D eigenvalue weighted by Crippen LogP contribution is 2.38. The van der Waals surface area contributed by atoms with Crippen molar-refractivity contribution >= 4 is 34.8 Å². The molecule has 28 heavy (non-hydrogen) atoms. The molecule has 7 nitrogen and oxygen atoms in total. The lowest BCUT2D eigenvalue weighted by Gasteiger charge is -2.23. The van der Waals surface area contributed by atoms with Crippen molar-refractivity contribution in [1.29, 1.82) is 0 Å². The summed E-state index contributed by atoms with van der Waals surface area (Å²) < 4.78 is 5.51. The summed E-state index contributed by atoms with van der Waals surface area (Å²) in [5.41, 5.74) is 2.06. The van der Waals surface area contributed by atoms with Crippen LogP contribution in [0.4, 0.5) is 17.1 Å². The van der Waals surface area contributed by atoms with Gasteiger partial charge in [-0.25, -0.2) is 0 Å². The fourth-order valence-electron chi connectivity index (χ4n) is 3.15. The van der Waals surface area contributed by atoms with Crippen LogP contribution in [0.3, 0.4) is 0 Å². The molecule has 1 heterocycles. The molecule has 2 aromatic rings. The zero-order valence-corrected chi connectivity index (χ0v) is 15.6. The van der Waals surface area contributed by atoms with Crippen LogP contribution in [0.1, 0.15) is 30.6 Å². The smallest absolute Gasteiger partial charge is 0.265 e. The first kappa shape index (κ1) is 18.0. The number of fused-ring (bicyclic) bond motifs is 1. The molecule has 144 valence electrons. The lowest BCUT2D eigenvalue weighted by atomic mass is 10.1. The third-order valence-corrected chi connectivity index (χ3v) is 5.01. The Morgan fingerprint density at radius 2 is 1.82 bits per heavy atom. The van der Waals surface area contributed by atoms with Crippen LogP contribution >= 0.6 is 0 Å². The van der Waals surface area contributed by atoms with E-state index >= 15 is 0 Å². The Balaban J connectivity index is 1.45. The predicted molar refractivity (Wildman–Crippen MR) is 105 cm³/mol. The van der Waals surface area contributed by atoms with Gasteiger partial charge in [-0.1, -0.05) is 13.0 Å². The second-order valence-electron chi connectivity index (χ2n) is 7.30. The van der Waals surface area contributed by atoms with E-state index in [4.69, 9.17) is 4.74 Å². The summed E-state index contributed by atoms with van der Waals surface area (Å²) in [5.74, 6) is 0.488. The lowest BCUT2D eigenvalue weighted by molar-refractivity contribution is -0.122. The minimum atomic E-state index is -0.551.